The van der Waals surface area contributed by atoms with Gasteiger partial charge in [0.05, 0.1) is 0 Å². The molecule has 11 heavy (non-hydrogen) atoms. The fourth-order valence-corrected chi connectivity index (χ4v) is 0.934. The molecule has 0 spiro atoms. The van der Waals surface area contributed by atoms with Crippen molar-refractivity contribution in [2.75, 3.05) is 5.75 Å². The van der Waals surface area contributed by atoms with Gasteiger partial charge in [0, 0.05) is 12.3 Å². The summed E-state index contributed by atoms with van der Waals surface area (Å²) >= 11 is 4.17. The Kier molecular flexibility index (Phi) is 2.93. The number of thiol groups is 1. The van der Waals surface area contributed by atoms with Gasteiger partial charge >= 0.3 is 0 Å². The molecule has 1 N–H and O–H groups in total. The smallest absolute Gasteiger partial charge is 0.154 e. The van der Waals surface area contributed by atoms with E-state index in [1.54, 1.807) is 0 Å². The number of hydrogen-bond acceptors (Lipinski definition) is 3. The Morgan fingerprint density at radius 3 is 2.82 bits per heavy atom. The van der Waals surface area contributed by atoms with Crippen LogP contribution >= 0.6 is 12.6 Å². The van der Waals surface area contributed by atoms with Gasteiger partial charge < -0.3 is 0 Å². The Morgan fingerprint density at radius 2 is 2.36 bits per heavy atom. The standard InChI is InChI=1S/C7H13N3S/c1-3-6-8-7(10-9-6)5(2)4-11/h5,11H,3-4H2,1-2H3,(H,8,9,10)/t5-/m0/s1. The molecular weight excluding hydrogens is 158 g/mol. The van der Waals surface area contributed by atoms with E-state index >= 15 is 0 Å². The molecule has 4 heteroatoms. The van der Waals surface area contributed by atoms with Crippen molar-refractivity contribution in [3.05, 3.63) is 11.6 Å². The monoisotopic (exact) mass is 171 g/mol. The fraction of sp³-hybridized carbons (Fsp3) is 0.714. The van der Waals surface area contributed by atoms with Gasteiger partial charge in [0.1, 0.15) is 5.82 Å². The van der Waals surface area contributed by atoms with Crippen LogP contribution in [0.15, 0.2) is 0 Å². The highest BCUT2D eigenvalue weighted by Crippen LogP contribution is 2.10. The lowest BCUT2D eigenvalue weighted by Gasteiger charge is -1.98. The number of nitrogens with one attached hydrogen (secondary N) is 1. The molecule has 62 valence electrons. The molecule has 0 fully saturated rings. The van der Waals surface area contributed by atoms with Crippen LogP contribution in [0.25, 0.3) is 0 Å². The second kappa shape index (κ2) is 3.76. The SMILES string of the molecule is CCc1nc([C@@H](C)CS)n[nH]1. The van der Waals surface area contributed by atoms with E-state index in [0.717, 1.165) is 23.8 Å². The predicted octanol–water partition coefficient (Wildman–Crippen LogP) is 1.40. The average molecular weight is 171 g/mol. The van der Waals surface area contributed by atoms with Crippen molar-refractivity contribution in [2.24, 2.45) is 0 Å². The normalized spacial score (nSPS) is 13.4. The quantitative estimate of drug-likeness (QED) is 0.675. The number of aryl methyl sites for hydroxylation is 1. The predicted molar refractivity (Wildman–Crippen MR) is 48.0 cm³/mol. The molecule has 1 aromatic heterocycles. The number of rotatable bonds is 3. The Labute approximate surface area is 72.0 Å². The zero-order valence-corrected chi connectivity index (χ0v) is 7.73. The van der Waals surface area contributed by atoms with E-state index in [1.807, 2.05) is 0 Å². The third-order valence-electron chi connectivity index (χ3n) is 1.60. The van der Waals surface area contributed by atoms with Gasteiger partial charge in [-0.25, -0.2) is 4.98 Å². The van der Waals surface area contributed by atoms with Crippen molar-refractivity contribution < 1.29 is 0 Å². The van der Waals surface area contributed by atoms with Crippen LogP contribution in [0.2, 0.25) is 0 Å². The molecule has 1 aromatic rings. The van der Waals surface area contributed by atoms with E-state index in [9.17, 15) is 0 Å². The van der Waals surface area contributed by atoms with Gasteiger partial charge in [-0.2, -0.15) is 17.7 Å². The van der Waals surface area contributed by atoms with Crippen molar-refractivity contribution >= 4 is 12.6 Å². The first kappa shape index (κ1) is 8.59. The molecule has 0 aliphatic carbocycles. The largest absolute Gasteiger partial charge is 0.263 e. The van der Waals surface area contributed by atoms with Crippen LogP contribution < -0.4 is 0 Å². The highest BCUT2D eigenvalue weighted by molar-refractivity contribution is 7.80. The van der Waals surface area contributed by atoms with Gasteiger partial charge in [-0.1, -0.05) is 13.8 Å². The maximum Gasteiger partial charge on any atom is 0.154 e. The number of nitrogens with zero attached hydrogens (tertiary/aromatic N) is 2. The summed E-state index contributed by atoms with van der Waals surface area (Å²) in [5.41, 5.74) is 0. The minimum Gasteiger partial charge on any atom is -0.263 e. The van der Waals surface area contributed by atoms with E-state index in [0.29, 0.717) is 5.92 Å². The summed E-state index contributed by atoms with van der Waals surface area (Å²) in [4.78, 5) is 4.28. The second-order valence-electron chi connectivity index (χ2n) is 2.58. The Morgan fingerprint density at radius 1 is 1.64 bits per heavy atom. The Bertz CT molecular complexity index is 221. The first-order valence-electron chi connectivity index (χ1n) is 3.80. The minimum atomic E-state index is 0.342. The maximum atomic E-state index is 4.28. The first-order valence-corrected chi connectivity index (χ1v) is 4.43. The van der Waals surface area contributed by atoms with E-state index < -0.39 is 0 Å². The molecule has 0 bridgehead atoms. The molecule has 3 nitrogen and oxygen atoms in total. The molecule has 0 saturated carbocycles. The van der Waals surface area contributed by atoms with Gasteiger partial charge in [-0.3, -0.25) is 5.10 Å². The minimum absolute atomic E-state index is 0.342. The van der Waals surface area contributed by atoms with Gasteiger partial charge in [0.2, 0.25) is 0 Å². The number of aromatic nitrogens is 3. The third-order valence-corrected chi connectivity index (χ3v) is 2.15. The summed E-state index contributed by atoms with van der Waals surface area (Å²) in [5.74, 6) is 2.96. The molecular formula is C7H13N3S. The van der Waals surface area contributed by atoms with E-state index in [2.05, 4.69) is 41.7 Å². The summed E-state index contributed by atoms with van der Waals surface area (Å²) in [5, 5.41) is 6.95. The molecule has 0 aliphatic rings. The van der Waals surface area contributed by atoms with Crippen LogP contribution in [0.5, 0.6) is 0 Å². The van der Waals surface area contributed by atoms with Gasteiger partial charge in [-0.05, 0) is 5.75 Å². The van der Waals surface area contributed by atoms with Crippen molar-refractivity contribution in [2.45, 2.75) is 26.2 Å². The van der Waals surface area contributed by atoms with Crippen LogP contribution in [-0.4, -0.2) is 20.9 Å². The molecule has 1 rings (SSSR count). The van der Waals surface area contributed by atoms with Crippen LogP contribution in [0.4, 0.5) is 0 Å². The van der Waals surface area contributed by atoms with Gasteiger partial charge in [0.25, 0.3) is 0 Å². The van der Waals surface area contributed by atoms with Crippen molar-refractivity contribution in [3.63, 3.8) is 0 Å². The summed E-state index contributed by atoms with van der Waals surface area (Å²) in [6, 6.07) is 0. The number of aromatic amines is 1. The van der Waals surface area contributed by atoms with E-state index in [-0.39, 0.29) is 0 Å². The third kappa shape index (κ3) is 1.96. The second-order valence-corrected chi connectivity index (χ2v) is 2.94. The highest BCUT2D eigenvalue weighted by Gasteiger charge is 2.08. The zero-order chi connectivity index (χ0) is 8.27. The Hall–Kier alpha value is -0.510. The molecule has 1 heterocycles. The zero-order valence-electron chi connectivity index (χ0n) is 6.83. The summed E-state index contributed by atoms with van der Waals surface area (Å²) in [6.45, 7) is 4.12. The molecule has 1 atom stereocenters. The molecule has 0 saturated heterocycles. The molecule has 0 amide bonds. The van der Waals surface area contributed by atoms with Gasteiger partial charge in [-0.15, -0.1) is 0 Å². The molecule has 0 unspecified atom stereocenters. The van der Waals surface area contributed by atoms with E-state index in [1.165, 1.54) is 0 Å². The number of H-pyrrole nitrogens is 1. The summed E-state index contributed by atoms with van der Waals surface area (Å²) < 4.78 is 0. The number of hydrogen-bond donors (Lipinski definition) is 2. The highest BCUT2D eigenvalue weighted by atomic mass is 32.1. The molecule has 0 radical (unpaired) electrons. The van der Waals surface area contributed by atoms with Crippen LogP contribution in [0.3, 0.4) is 0 Å². The lowest BCUT2D eigenvalue weighted by Crippen LogP contribution is -1.97. The van der Waals surface area contributed by atoms with Crippen molar-refractivity contribution in [1.82, 2.24) is 15.2 Å². The Balaban J connectivity index is 2.71. The molecule has 0 aromatic carbocycles. The van der Waals surface area contributed by atoms with Gasteiger partial charge in [0.15, 0.2) is 5.82 Å². The van der Waals surface area contributed by atoms with Crippen molar-refractivity contribution in [3.8, 4) is 0 Å². The molecule has 0 aliphatic heterocycles. The van der Waals surface area contributed by atoms with Crippen LogP contribution in [-0.2, 0) is 6.42 Å². The van der Waals surface area contributed by atoms with Crippen molar-refractivity contribution in [1.29, 1.82) is 0 Å². The van der Waals surface area contributed by atoms with Crippen LogP contribution in [0.1, 0.15) is 31.4 Å². The summed E-state index contributed by atoms with van der Waals surface area (Å²) in [6.07, 6.45) is 0.909. The average Bonchev–Trinajstić information content (AvgIpc) is 2.50. The lowest BCUT2D eigenvalue weighted by molar-refractivity contribution is 0.793. The fourth-order valence-electron chi connectivity index (χ4n) is 0.770. The first-order chi connectivity index (χ1) is 5.27. The van der Waals surface area contributed by atoms with Crippen LogP contribution in [0, 0.1) is 0 Å². The maximum absolute atomic E-state index is 4.28. The topological polar surface area (TPSA) is 41.6 Å². The van der Waals surface area contributed by atoms with E-state index in [4.69, 9.17) is 0 Å². The lowest BCUT2D eigenvalue weighted by atomic mass is 10.2. The summed E-state index contributed by atoms with van der Waals surface area (Å²) in [7, 11) is 0.